The van der Waals surface area contributed by atoms with Crippen LogP contribution in [0.25, 0.3) is 0 Å². The van der Waals surface area contributed by atoms with Crippen molar-refractivity contribution < 1.29 is 0 Å². The molecule has 0 fully saturated rings. The largest absolute Gasteiger partial charge is 0.313 e. The third-order valence-corrected chi connectivity index (χ3v) is 4.95. The highest BCUT2D eigenvalue weighted by molar-refractivity contribution is 5.25. The lowest BCUT2D eigenvalue weighted by molar-refractivity contribution is 0.268. The predicted molar refractivity (Wildman–Crippen MR) is 94.9 cm³/mol. The second-order valence-corrected chi connectivity index (χ2v) is 6.85. The summed E-state index contributed by atoms with van der Waals surface area (Å²) in [6.07, 6.45) is 6.63. The molecule has 1 heteroatoms. The van der Waals surface area contributed by atoms with Gasteiger partial charge in [0.05, 0.1) is 0 Å². The van der Waals surface area contributed by atoms with E-state index < -0.39 is 0 Å². The first kappa shape index (κ1) is 18.2. The zero-order valence-electron chi connectivity index (χ0n) is 14.8. The minimum absolute atomic E-state index is 0.177. The van der Waals surface area contributed by atoms with E-state index in [1.165, 1.54) is 37.7 Å². The van der Waals surface area contributed by atoms with Crippen LogP contribution in [-0.4, -0.2) is 12.6 Å². The van der Waals surface area contributed by atoms with Crippen LogP contribution in [0, 0.1) is 5.92 Å². The zero-order valence-corrected chi connectivity index (χ0v) is 14.8. The molecule has 0 aliphatic heterocycles. The first-order valence-electron chi connectivity index (χ1n) is 8.85. The summed E-state index contributed by atoms with van der Waals surface area (Å²) in [5.41, 5.74) is 1.62. The normalized spacial score (nSPS) is 14.9. The van der Waals surface area contributed by atoms with Gasteiger partial charge in [0.2, 0.25) is 0 Å². The molecule has 1 aromatic carbocycles. The third kappa shape index (κ3) is 5.47. The summed E-state index contributed by atoms with van der Waals surface area (Å²) in [6, 6.07) is 11.5. The van der Waals surface area contributed by atoms with E-state index >= 15 is 0 Å². The Balaban J connectivity index is 2.83. The summed E-state index contributed by atoms with van der Waals surface area (Å²) in [6.45, 7) is 12.7. The van der Waals surface area contributed by atoms with E-state index in [1.807, 2.05) is 0 Å². The van der Waals surface area contributed by atoms with Crippen LogP contribution in [-0.2, 0) is 5.41 Å². The molecule has 0 bridgehead atoms. The van der Waals surface area contributed by atoms with E-state index in [0.29, 0.717) is 6.04 Å². The Hall–Kier alpha value is -0.820. The van der Waals surface area contributed by atoms with Crippen molar-refractivity contribution in [2.75, 3.05) is 6.54 Å². The van der Waals surface area contributed by atoms with Gasteiger partial charge in [0.15, 0.2) is 0 Å². The molecule has 2 atom stereocenters. The molecule has 21 heavy (non-hydrogen) atoms. The fourth-order valence-corrected chi connectivity index (χ4v) is 3.26. The molecule has 0 aliphatic rings. The Morgan fingerprint density at radius 2 is 1.71 bits per heavy atom. The maximum atomic E-state index is 3.76. The van der Waals surface area contributed by atoms with Gasteiger partial charge in [-0.25, -0.2) is 0 Å². The summed E-state index contributed by atoms with van der Waals surface area (Å²) in [4.78, 5) is 0. The van der Waals surface area contributed by atoms with Gasteiger partial charge in [-0.05, 0) is 24.4 Å². The molecule has 1 N–H and O–H groups in total. The van der Waals surface area contributed by atoms with Crippen LogP contribution in [0.3, 0.4) is 0 Å². The van der Waals surface area contributed by atoms with Crippen LogP contribution < -0.4 is 5.32 Å². The molecule has 0 saturated heterocycles. The first-order valence-corrected chi connectivity index (χ1v) is 8.85. The van der Waals surface area contributed by atoms with E-state index in [2.05, 4.69) is 70.3 Å². The highest BCUT2D eigenvalue weighted by Gasteiger charge is 2.31. The molecule has 120 valence electrons. The average molecular weight is 290 g/mol. The second kappa shape index (κ2) is 9.25. The van der Waals surface area contributed by atoms with Gasteiger partial charge in [0, 0.05) is 11.5 Å². The summed E-state index contributed by atoms with van der Waals surface area (Å²) in [7, 11) is 0. The fourth-order valence-electron chi connectivity index (χ4n) is 3.26. The van der Waals surface area contributed by atoms with Crippen molar-refractivity contribution >= 4 is 0 Å². The fraction of sp³-hybridized carbons (Fsp3) is 0.700. The van der Waals surface area contributed by atoms with Crippen LogP contribution >= 0.6 is 0 Å². The zero-order chi connectivity index (χ0) is 15.7. The van der Waals surface area contributed by atoms with E-state index in [9.17, 15) is 0 Å². The van der Waals surface area contributed by atoms with Crippen LogP contribution in [0.1, 0.15) is 72.3 Å². The van der Waals surface area contributed by atoms with Gasteiger partial charge >= 0.3 is 0 Å². The van der Waals surface area contributed by atoms with Gasteiger partial charge in [0.25, 0.3) is 0 Å². The summed E-state index contributed by atoms with van der Waals surface area (Å²) in [5, 5.41) is 3.76. The molecule has 0 amide bonds. The van der Waals surface area contributed by atoms with Crippen LogP contribution in [0.15, 0.2) is 30.3 Å². The van der Waals surface area contributed by atoms with Gasteiger partial charge in [0.1, 0.15) is 0 Å². The standard InChI is InChI=1S/C20H35N/c1-6-9-13-17(7-2)16-19(21-8-3)20(4,5)18-14-11-10-12-15-18/h10-12,14-15,17,19,21H,6-9,13,16H2,1-5H3. The molecule has 2 unspecified atom stereocenters. The van der Waals surface area contributed by atoms with Crippen molar-refractivity contribution in [2.24, 2.45) is 5.92 Å². The number of benzene rings is 1. The topological polar surface area (TPSA) is 12.0 Å². The Morgan fingerprint density at radius 3 is 2.24 bits per heavy atom. The lowest BCUT2D eigenvalue weighted by Gasteiger charge is -2.38. The molecule has 0 heterocycles. The number of likely N-dealkylation sites (N-methyl/N-ethyl adjacent to an activating group) is 1. The maximum absolute atomic E-state index is 3.76. The van der Waals surface area contributed by atoms with E-state index in [4.69, 9.17) is 0 Å². The van der Waals surface area contributed by atoms with E-state index in [1.54, 1.807) is 0 Å². The minimum Gasteiger partial charge on any atom is -0.313 e. The maximum Gasteiger partial charge on any atom is 0.0161 e. The Bertz CT molecular complexity index is 369. The molecule has 1 aromatic rings. The molecule has 0 saturated carbocycles. The molecule has 0 spiro atoms. The van der Waals surface area contributed by atoms with Crippen molar-refractivity contribution in [3.63, 3.8) is 0 Å². The first-order chi connectivity index (χ1) is 10.1. The average Bonchev–Trinajstić information content (AvgIpc) is 2.51. The molecule has 1 rings (SSSR count). The molecular weight excluding hydrogens is 254 g/mol. The lowest BCUT2D eigenvalue weighted by atomic mass is 9.73. The highest BCUT2D eigenvalue weighted by atomic mass is 14.9. The van der Waals surface area contributed by atoms with Gasteiger partial charge in [-0.3, -0.25) is 0 Å². The highest BCUT2D eigenvalue weighted by Crippen LogP contribution is 2.32. The summed E-state index contributed by atoms with van der Waals surface area (Å²) >= 11 is 0. The van der Waals surface area contributed by atoms with Crippen LogP contribution in [0.5, 0.6) is 0 Å². The van der Waals surface area contributed by atoms with Crippen LogP contribution in [0.4, 0.5) is 0 Å². The molecule has 0 radical (unpaired) electrons. The SMILES string of the molecule is CCCCC(CC)CC(NCC)C(C)(C)c1ccccc1. The molecule has 0 aliphatic carbocycles. The monoisotopic (exact) mass is 289 g/mol. The summed E-state index contributed by atoms with van der Waals surface area (Å²) < 4.78 is 0. The number of rotatable bonds is 10. The van der Waals surface area contributed by atoms with Gasteiger partial charge in [-0.15, -0.1) is 0 Å². The van der Waals surface area contributed by atoms with Crippen molar-refractivity contribution in [3.05, 3.63) is 35.9 Å². The predicted octanol–water partition coefficient (Wildman–Crippen LogP) is 5.55. The lowest BCUT2D eigenvalue weighted by Crippen LogP contribution is -2.46. The molecule has 1 nitrogen and oxygen atoms in total. The van der Waals surface area contributed by atoms with Crippen molar-refractivity contribution in [2.45, 2.75) is 78.2 Å². The Labute approximate surface area is 132 Å². The van der Waals surface area contributed by atoms with Crippen molar-refractivity contribution in [1.29, 1.82) is 0 Å². The second-order valence-electron chi connectivity index (χ2n) is 6.85. The van der Waals surface area contributed by atoms with Crippen molar-refractivity contribution in [3.8, 4) is 0 Å². The van der Waals surface area contributed by atoms with Gasteiger partial charge < -0.3 is 5.32 Å². The summed E-state index contributed by atoms with van der Waals surface area (Å²) in [5.74, 6) is 0.844. The third-order valence-electron chi connectivity index (χ3n) is 4.95. The molecular formula is C20H35N. The Morgan fingerprint density at radius 1 is 1.05 bits per heavy atom. The molecule has 0 aromatic heterocycles. The van der Waals surface area contributed by atoms with Gasteiger partial charge in [-0.1, -0.05) is 90.6 Å². The van der Waals surface area contributed by atoms with E-state index in [0.717, 1.165) is 12.5 Å². The number of unbranched alkanes of at least 4 members (excludes halogenated alkanes) is 1. The smallest absolute Gasteiger partial charge is 0.0161 e. The quantitative estimate of drug-likeness (QED) is 0.595. The van der Waals surface area contributed by atoms with Crippen LogP contribution in [0.2, 0.25) is 0 Å². The number of hydrogen-bond donors (Lipinski definition) is 1. The minimum atomic E-state index is 0.177. The number of hydrogen-bond acceptors (Lipinski definition) is 1. The van der Waals surface area contributed by atoms with Crippen molar-refractivity contribution in [1.82, 2.24) is 5.32 Å². The Kier molecular flexibility index (Phi) is 8.03. The number of nitrogens with one attached hydrogen (secondary N) is 1. The van der Waals surface area contributed by atoms with Gasteiger partial charge in [-0.2, -0.15) is 0 Å². The van der Waals surface area contributed by atoms with E-state index in [-0.39, 0.29) is 5.41 Å².